The fourth-order valence-corrected chi connectivity index (χ4v) is 3.16. The van der Waals surface area contributed by atoms with Crippen molar-refractivity contribution in [2.45, 2.75) is 50.3 Å². The summed E-state index contributed by atoms with van der Waals surface area (Å²) in [4.78, 5) is -0.136. The number of hydrogen-bond acceptors (Lipinski definition) is 5. The first-order chi connectivity index (χ1) is 11.4. The third-order valence-corrected chi connectivity index (χ3v) is 4.61. The van der Waals surface area contributed by atoms with Crippen LogP contribution in [-0.4, -0.2) is 40.4 Å². The molecule has 0 fully saturated rings. The summed E-state index contributed by atoms with van der Waals surface area (Å²) in [5.41, 5.74) is 0.490. The lowest BCUT2D eigenvalue weighted by Crippen LogP contribution is -2.07. The zero-order valence-corrected chi connectivity index (χ0v) is 15.5. The van der Waals surface area contributed by atoms with Crippen molar-refractivity contribution < 1.29 is 27.2 Å². The topological polar surface area (TPSA) is 82.1 Å². The van der Waals surface area contributed by atoms with Crippen molar-refractivity contribution in [3.8, 4) is 11.5 Å². The Balaban J connectivity index is 2.98. The molecule has 138 valence electrons. The molecule has 1 rings (SSSR count). The van der Waals surface area contributed by atoms with Crippen molar-refractivity contribution >= 4 is 10.1 Å². The maximum Gasteiger partial charge on any atom is 0.294 e. The van der Waals surface area contributed by atoms with Crippen LogP contribution in [0.3, 0.4) is 0 Å². The van der Waals surface area contributed by atoms with Crippen molar-refractivity contribution in [1.82, 2.24) is 0 Å². The van der Waals surface area contributed by atoms with E-state index in [0.29, 0.717) is 43.1 Å². The minimum atomic E-state index is -4.33. The second-order valence-electron chi connectivity index (χ2n) is 5.59. The van der Waals surface area contributed by atoms with E-state index in [1.54, 1.807) is 13.2 Å². The first-order valence-electron chi connectivity index (χ1n) is 8.24. The number of aryl methyl sites for hydroxylation is 1. The molecule has 24 heavy (non-hydrogen) atoms. The quantitative estimate of drug-likeness (QED) is 0.454. The Bertz CT molecular complexity index is 597. The Labute approximate surface area is 144 Å². The van der Waals surface area contributed by atoms with Gasteiger partial charge in [-0.05, 0) is 30.9 Å². The monoisotopic (exact) mass is 360 g/mol. The molecule has 1 N–H and O–H groups in total. The first kappa shape index (κ1) is 20.7. The van der Waals surface area contributed by atoms with Gasteiger partial charge in [-0.25, -0.2) is 0 Å². The highest BCUT2D eigenvalue weighted by molar-refractivity contribution is 7.85. The molecule has 0 spiro atoms. The minimum Gasteiger partial charge on any atom is -0.493 e. The van der Waals surface area contributed by atoms with Crippen LogP contribution in [0, 0.1) is 0 Å². The molecule has 1 aromatic carbocycles. The number of methoxy groups -OCH3 is 2. The molecule has 0 aliphatic heterocycles. The van der Waals surface area contributed by atoms with Crippen molar-refractivity contribution in [2.24, 2.45) is 0 Å². The molecule has 0 aromatic heterocycles. The molecule has 0 atom stereocenters. The summed E-state index contributed by atoms with van der Waals surface area (Å²) in [6.07, 6.45) is 5.30. The molecular formula is C17H28O6S. The van der Waals surface area contributed by atoms with Gasteiger partial charge in [0.05, 0.1) is 13.7 Å². The summed E-state index contributed by atoms with van der Waals surface area (Å²) in [5, 5.41) is 0. The van der Waals surface area contributed by atoms with Crippen LogP contribution in [0.4, 0.5) is 0 Å². The van der Waals surface area contributed by atoms with Gasteiger partial charge in [-0.15, -0.1) is 0 Å². The Hall–Kier alpha value is -1.31. The van der Waals surface area contributed by atoms with Gasteiger partial charge in [0, 0.05) is 19.8 Å². The number of hydrogen-bond donors (Lipinski definition) is 1. The van der Waals surface area contributed by atoms with Crippen LogP contribution in [0.25, 0.3) is 0 Å². The summed E-state index contributed by atoms with van der Waals surface area (Å²) in [6.45, 7) is 3.11. The summed E-state index contributed by atoms with van der Waals surface area (Å²) in [5.74, 6) is 0.794. The van der Waals surface area contributed by atoms with Gasteiger partial charge in [0.25, 0.3) is 10.1 Å². The van der Waals surface area contributed by atoms with Gasteiger partial charge in [0.1, 0.15) is 4.90 Å². The number of ether oxygens (including phenoxy) is 3. The molecular weight excluding hydrogens is 332 g/mol. The van der Waals surface area contributed by atoms with Crippen LogP contribution < -0.4 is 9.47 Å². The smallest absolute Gasteiger partial charge is 0.294 e. The van der Waals surface area contributed by atoms with Gasteiger partial charge in [-0.1, -0.05) is 26.2 Å². The van der Waals surface area contributed by atoms with Gasteiger partial charge in [-0.3, -0.25) is 4.55 Å². The van der Waals surface area contributed by atoms with Crippen LogP contribution in [0.2, 0.25) is 0 Å². The Morgan fingerprint density at radius 3 is 2.33 bits per heavy atom. The van der Waals surface area contributed by atoms with Crippen LogP contribution >= 0.6 is 0 Å². The Kier molecular flexibility index (Phi) is 9.10. The summed E-state index contributed by atoms with van der Waals surface area (Å²) < 4.78 is 48.8. The molecule has 0 unspecified atom stereocenters. The van der Waals surface area contributed by atoms with E-state index in [1.807, 2.05) is 0 Å². The van der Waals surface area contributed by atoms with Crippen molar-refractivity contribution in [3.63, 3.8) is 0 Å². The van der Waals surface area contributed by atoms with Crippen molar-refractivity contribution in [3.05, 3.63) is 17.7 Å². The van der Waals surface area contributed by atoms with E-state index in [0.717, 1.165) is 25.7 Å². The maximum absolute atomic E-state index is 11.7. The molecule has 0 bridgehead atoms. The van der Waals surface area contributed by atoms with E-state index in [2.05, 4.69) is 6.92 Å². The van der Waals surface area contributed by atoms with Gasteiger partial charge in [0.2, 0.25) is 0 Å². The highest BCUT2D eigenvalue weighted by atomic mass is 32.2. The predicted octanol–water partition coefficient (Wildman–Crippen LogP) is 3.48. The van der Waals surface area contributed by atoms with Crippen LogP contribution in [0.1, 0.15) is 44.6 Å². The highest BCUT2D eigenvalue weighted by Crippen LogP contribution is 2.33. The third-order valence-electron chi connectivity index (χ3n) is 3.67. The van der Waals surface area contributed by atoms with E-state index >= 15 is 0 Å². The average Bonchev–Trinajstić information content (AvgIpc) is 2.54. The van der Waals surface area contributed by atoms with E-state index in [9.17, 15) is 13.0 Å². The standard InChI is InChI=1S/C17H28O6S/c1-4-5-6-7-11-23-16-13-17(24(18,19)20)14(9-8-10-21-2)12-15(16)22-3/h12-13H,4-11H2,1-3H3,(H,18,19,20). The summed E-state index contributed by atoms with van der Waals surface area (Å²) >= 11 is 0. The Morgan fingerprint density at radius 1 is 1.00 bits per heavy atom. The first-order valence-corrected chi connectivity index (χ1v) is 9.68. The summed E-state index contributed by atoms with van der Waals surface area (Å²) in [7, 11) is -1.25. The molecule has 7 heteroatoms. The number of unbranched alkanes of at least 4 members (excludes halogenated alkanes) is 3. The van der Waals surface area contributed by atoms with Crippen molar-refractivity contribution in [1.29, 1.82) is 0 Å². The van der Waals surface area contributed by atoms with Crippen LogP contribution in [0.5, 0.6) is 11.5 Å². The SMILES string of the molecule is CCCCCCOc1cc(S(=O)(=O)O)c(CCCOC)cc1OC. The lowest BCUT2D eigenvalue weighted by molar-refractivity contribution is 0.195. The fraction of sp³-hybridized carbons (Fsp3) is 0.647. The Morgan fingerprint density at radius 2 is 1.75 bits per heavy atom. The second-order valence-corrected chi connectivity index (χ2v) is 6.98. The lowest BCUT2D eigenvalue weighted by Gasteiger charge is -2.15. The van der Waals surface area contributed by atoms with Gasteiger partial charge in [-0.2, -0.15) is 8.42 Å². The highest BCUT2D eigenvalue weighted by Gasteiger charge is 2.20. The molecule has 0 saturated carbocycles. The molecule has 0 amide bonds. The molecule has 0 aliphatic rings. The molecule has 0 heterocycles. The zero-order chi connectivity index (χ0) is 18.0. The summed E-state index contributed by atoms with van der Waals surface area (Å²) in [6, 6.07) is 2.95. The van der Waals surface area contributed by atoms with Crippen molar-refractivity contribution in [2.75, 3.05) is 27.4 Å². The predicted molar refractivity (Wildman–Crippen MR) is 92.6 cm³/mol. The molecule has 0 saturated heterocycles. The zero-order valence-electron chi connectivity index (χ0n) is 14.7. The van der Waals surface area contributed by atoms with E-state index in [4.69, 9.17) is 14.2 Å². The van der Waals surface area contributed by atoms with E-state index in [1.165, 1.54) is 13.2 Å². The van der Waals surface area contributed by atoms with Crippen LogP contribution in [-0.2, 0) is 21.3 Å². The van der Waals surface area contributed by atoms with Gasteiger partial charge < -0.3 is 14.2 Å². The largest absolute Gasteiger partial charge is 0.493 e. The maximum atomic E-state index is 11.7. The molecule has 1 aromatic rings. The van der Waals surface area contributed by atoms with E-state index < -0.39 is 10.1 Å². The number of benzene rings is 1. The molecule has 0 radical (unpaired) electrons. The van der Waals surface area contributed by atoms with E-state index in [-0.39, 0.29) is 4.90 Å². The molecule has 0 aliphatic carbocycles. The lowest BCUT2D eigenvalue weighted by atomic mass is 10.1. The van der Waals surface area contributed by atoms with Crippen LogP contribution in [0.15, 0.2) is 17.0 Å². The second kappa shape index (κ2) is 10.5. The average molecular weight is 360 g/mol. The third kappa shape index (κ3) is 6.67. The minimum absolute atomic E-state index is 0.136. The van der Waals surface area contributed by atoms with Gasteiger partial charge in [0.15, 0.2) is 11.5 Å². The van der Waals surface area contributed by atoms with Gasteiger partial charge >= 0.3 is 0 Å². The molecule has 6 nitrogen and oxygen atoms in total. The fourth-order valence-electron chi connectivity index (χ4n) is 2.41. The number of rotatable bonds is 12. The normalized spacial score (nSPS) is 11.5.